The zero-order valence-corrected chi connectivity index (χ0v) is 32.3. The van der Waals surface area contributed by atoms with Gasteiger partial charge in [-0.05, 0) is 66.5 Å². The summed E-state index contributed by atoms with van der Waals surface area (Å²) in [5.41, 5.74) is 3.12. The normalized spacial score (nSPS) is 15.1. The number of nitrogens with zero attached hydrogens (tertiary/aromatic N) is 1. The van der Waals surface area contributed by atoms with Crippen molar-refractivity contribution in [2.45, 2.75) is 62.9 Å². The monoisotopic (exact) mass is 735 g/mol. The molecule has 1 aliphatic rings. The van der Waals surface area contributed by atoms with Crippen LogP contribution < -0.4 is 19.5 Å². The predicted octanol–water partition coefficient (Wildman–Crippen LogP) is 7.24. The van der Waals surface area contributed by atoms with E-state index in [1.165, 1.54) is 20.2 Å². The maximum absolute atomic E-state index is 14.6. The average molecular weight is 736 g/mol. The molecular weight excluding hydrogens is 687 g/mol. The van der Waals surface area contributed by atoms with E-state index in [0.29, 0.717) is 24.5 Å². The molecule has 0 bridgehead atoms. The Morgan fingerprint density at radius 1 is 1.04 bits per heavy atom. The van der Waals surface area contributed by atoms with Crippen molar-refractivity contribution in [3.05, 3.63) is 102 Å². The van der Waals surface area contributed by atoms with Crippen LogP contribution in [-0.4, -0.2) is 73.6 Å². The minimum atomic E-state index is -3.59. The molecule has 1 atom stereocenters. The molecule has 11 nitrogen and oxygen atoms in total. The van der Waals surface area contributed by atoms with E-state index in [1.807, 2.05) is 36.4 Å². The summed E-state index contributed by atoms with van der Waals surface area (Å²) in [5, 5.41) is 2.65. The first-order chi connectivity index (χ1) is 24.1. The van der Waals surface area contributed by atoms with Crippen molar-refractivity contribution in [2.75, 3.05) is 39.2 Å². The van der Waals surface area contributed by atoms with Gasteiger partial charge in [-0.25, -0.2) is 17.9 Å². The van der Waals surface area contributed by atoms with Gasteiger partial charge in [-0.1, -0.05) is 82.0 Å². The molecule has 0 unspecified atom stereocenters. The van der Waals surface area contributed by atoms with E-state index < -0.39 is 30.5 Å². The fourth-order valence-electron chi connectivity index (χ4n) is 5.20. The van der Waals surface area contributed by atoms with Crippen LogP contribution in [0.3, 0.4) is 0 Å². The summed E-state index contributed by atoms with van der Waals surface area (Å²) >= 11 is 0. The number of amides is 2. The minimum absolute atomic E-state index is 0.0168. The number of benzene rings is 3. The van der Waals surface area contributed by atoms with Gasteiger partial charge in [0.05, 0.1) is 35.9 Å². The van der Waals surface area contributed by atoms with Crippen LogP contribution in [0.1, 0.15) is 48.7 Å². The van der Waals surface area contributed by atoms with E-state index in [4.69, 9.17) is 18.6 Å². The summed E-state index contributed by atoms with van der Waals surface area (Å²) in [5.74, 6) is 0.300. The van der Waals surface area contributed by atoms with Crippen molar-refractivity contribution in [2.24, 2.45) is 0 Å². The molecule has 51 heavy (non-hydrogen) atoms. The second-order valence-corrected chi connectivity index (χ2v) is 20.3. The number of nitrogens with one attached hydrogen (secondary N) is 2. The van der Waals surface area contributed by atoms with Gasteiger partial charge < -0.3 is 23.5 Å². The third-order valence-corrected chi connectivity index (χ3v) is 15.2. The SMILES string of the molecule is C=CCOC(=O)Nc1cc(OCc2ccccc2)c(OC)cc1C(=O)N1CCC(c2ccc(S(=O)(=O)NC)cc2)=C[C@H]1CO[Si](C)(C)C(C)(C)C. The Morgan fingerprint density at radius 3 is 2.33 bits per heavy atom. The lowest BCUT2D eigenvalue weighted by Crippen LogP contribution is -2.49. The van der Waals surface area contributed by atoms with Crippen molar-refractivity contribution < 1.29 is 36.6 Å². The molecule has 4 rings (SSSR count). The van der Waals surface area contributed by atoms with Crippen LogP contribution in [0, 0.1) is 0 Å². The number of carbonyl (C=O) groups excluding carboxylic acids is 2. The Kier molecular flexibility index (Phi) is 12.9. The molecular formula is C38H49N3O8SSi. The largest absolute Gasteiger partial charge is 0.493 e. The first-order valence-corrected chi connectivity index (χ1v) is 21.1. The van der Waals surface area contributed by atoms with Gasteiger partial charge in [0.15, 0.2) is 19.8 Å². The summed E-state index contributed by atoms with van der Waals surface area (Å²) in [4.78, 5) is 29.3. The van der Waals surface area contributed by atoms with Crippen LogP contribution in [0.4, 0.5) is 10.5 Å². The van der Waals surface area contributed by atoms with E-state index in [9.17, 15) is 18.0 Å². The maximum atomic E-state index is 14.6. The molecule has 0 radical (unpaired) electrons. The van der Waals surface area contributed by atoms with Crippen molar-refractivity contribution in [3.63, 3.8) is 0 Å². The number of rotatable bonds is 14. The number of sulfonamides is 1. The van der Waals surface area contributed by atoms with Crippen LogP contribution in [0.2, 0.25) is 18.1 Å². The number of hydrogen-bond acceptors (Lipinski definition) is 8. The molecule has 3 aromatic rings. The van der Waals surface area contributed by atoms with Crippen LogP contribution >= 0.6 is 0 Å². The van der Waals surface area contributed by atoms with Crippen LogP contribution in [-0.2, 0) is 25.8 Å². The van der Waals surface area contributed by atoms with Crippen molar-refractivity contribution in [1.82, 2.24) is 9.62 Å². The molecule has 1 aliphatic heterocycles. The van der Waals surface area contributed by atoms with Gasteiger partial charge in [0.2, 0.25) is 10.0 Å². The highest BCUT2D eigenvalue weighted by Gasteiger charge is 2.39. The summed E-state index contributed by atoms with van der Waals surface area (Å²) < 4.78 is 50.6. The lowest BCUT2D eigenvalue weighted by atomic mass is 9.95. The Labute approximate surface area is 302 Å². The molecule has 0 spiro atoms. The number of methoxy groups -OCH3 is 1. The lowest BCUT2D eigenvalue weighted by Gasteiger charge is -2.40. The van der Waals surface area contributed by atoms with Crippen molar-refractivity contribution >= 4 is 41.6 Å². The molecule has 274 valence electrons. The van der Waals surface area contributed by atoms with Crippen molar-refractivity contribution in [3.8, 4) is 11.5 Å². The topological polar surface area (TPSA) is 132 Å². The minimum Gasteiger partial charge on any atom is -0.493 e. The highest BCUT2D eigenvalue weighted by Crippen LogP contribution is 2.39. The molecule has 0 saturated heterocycles. The molecule has 2 N–H and O–H groups in total. The molecule has 0 aliphatic carbocycles. The Morgan fingerprint density at radius 2 is 1.73 bits per heavy atom. The standard InChI is InChI=1S/C38H49N3O8SSi/c1-9-21-47-37(43)40-33-24-35(48-25-27-13-11-10-12-14-27)34(46-6)23-32(33)36(42)41-20-19-29(22-30(41)26-49-51(7,8)38(2,3)4)28-15-17-31(18-16-28)50(44,45)39-5/h9-18,22-24,30,39H,1,19-21,25-26H2,2-8H3,(H,40,43)/t30-/m0/s1. The second-order valence-electron chi connectivity index (χ2n) is 13.6. The molecule has 0 fully saturated rings. The molecule has 0 saturated carbocycles. The zero-order chi connectivity index (χ0) is 37.4. The predicted molar refractivity (Wildman–Crippen MR) is 202 cm³/mol. The molecule has 0 aromatic heterocycles. The number of ether oxygens (including phenoxy) is 3. The van der Waals surface area contributed by atoms with E-state index in [0.717, 1.165) is 16.7 Å². The Bertz CT molecular complexity index is 1840. The first-order valence-electron chi connectivity index (χ1n) is 16.7. The molecule has 13 heteroatoms. The van der Waals surface area contributed by atoms with Gasteiger partial charge in [-0.3, -0.25) is 10.1 Å². The van der Waals surface area contributed by atoms with E-state index >= 15 is 0 Å². The number of anilines is 1. The Hall–Kier alpha value is -4.43. The van der Waals surface area contributed by atoms with E-state index in [-0.39, 0.29) is 46.9 Å². The highest BCUT2D eigenvalue weighted by molar-refractivity contribution is 7.89. The lowest BCUT2D eigenvalue weighted by molar-refractivity contribution is 0.0654. The third-order valence-electron chi connectivity index (χ3n) is 9.24. The quantitative estimate of drug-likeness (QED) is 0.131. The van der Waals surface area contributed by atoms with E-state index in [2.05, 4.69) is 50.5 Å². The zero-order valence-electron chi connectivity index (χ0n) is 30.4. The molecule has 1 heterocycles. The van der Waals surface area contributed by atoms with E-state index in [1.54, 1.807) is 41.3 Å². The van der Waals surface area contributed by atoms with Crippen LogP contribution in [0.5, 0.6) is 11.5 Å². The van der Waals surface area contributed by atoms with Gasteiger partial charge in [0.1, 0.15) is 13.2 Å². The van der Waals surface area contributed by atoms with Gasteiger partial charge in [0.25, 0.3) is 5.91 Å². The summed E-state index contributed by atoms with van der Waals surface area (Å²) in [7, 11) is -2.96. The third kappa shape index (κ3) is 9.88. The smallest absolute Gasteiger partial charge is 0.411 e. The van der Waals surface area contributed by atoms with Crippen molar-refractivity contribution in [1.29, 1.82) is 0 Å². The first kappa shape index (κ1) is 39.4. The summed E-state index contributed by atoms with van der Waals surface area (Å²) in [6.07, 6.45) is 3.20. The van der Waals surface area contributed by atoms with Gasteiger partial charge in [-0.15, -0.1) is 0 Å². The van der Waals surface area contributed by atoms with Gasteiger partial charge in [-0.2, -0.15) is 0 Å². The molecule has 3 aromatic carbocycles. The molecule has 2 amide bonds. The Balaban J connectivity index is 1.74. The highest BCUT2D eigenvalue weighted by atomic mass is 32.2. The van der Waals surface area contributed by atoms with Crippen LogP contribution in [0.25, 0.3) is 5.57 Å². The number of carbonyl (C=O) groups is 2. The van der Waals surface area contributed by atoms with Gasteiger partial charge >= 0.3 is 6.09 Å². The maximum Gasteiger partial charge on any atom is 0.411 e. The fourth-order valence-corrected chi connectivity index (χ4v) is 6.95. The average Bonchev–Trinajstić information content (AvgIpc) is 3.11. The summed E-state index contributed by atoms with van der Waals surface area (Å²) in [6, 6.07) is 18.9. The van der Waals surface area contributed by atoms with Crippen LogP contribution in [0.15, 0.2) is 90.4 Å². The summed E-state index contributed by atoms with van der Waals surface area (Å²) in [6.45, 7) is 15.2. The van der Waals surface area contributed by atoms with Gasteiger partial charge in [0, 0.05) is 12.6 Å². The second kappa shape index (κ2) is 16.7. The number of hydrogen-bond donors (Lipinski definition) is 2. The fraction of sp³-hybridized carbons (Fsp3) is 0.368.